The van der Waals surface area contributed by atoms with E-state index >= 15 is 0 Å². The van der Waals surface area contributed by atoms with Gasteiger partial charge in [-0.3, -0.25) is 0 Å². The molecule has 0 aromatic carbocycles. The number of nitrogens with one attached hydrogen (secondary N) is 1. The molecule has 0 aliphatic rings. The Hall–Kier alpha value is -2.21. The predicted octanol–water partition coefficient (Wildman–Crippen LogP) is 1.16. The van der Waals surface area contributed by atoms with Crippen LogP contribution in [-0.4, -0.2) is 24.5 Å². The lowest BCUT2D eigenvalue weighted by molar-refractivity contribution is 0.969. The third kappa shape index (κ3) is 1.58. The SMILES string of the molecule is O=c1[nH]c2cccnc2n1-c1cnc(Cl)nc1. The number of rotatable bonds is 1. The summed E-state index contributed by atoms with van der Waals surface area (Å²) < 4.78 is 1.39. The molecule has 0 fully saturated rings. The average molecular weight is 248 g/mol. The number of hydrogen-bond donors (Lipinski definition) is 1. The molecular formula is C10H6ClN5O. The topological polar surface area (TPSA) is 76.5 Å². The van der Waals surface area contributed by atoms with Crippen LogP contribution < -0.4 is 5.69 Å². The van der Waals surface area contributed by atoms with Gasteiger partial charge in [0, 0.05) is 6.20 Å². The summed E-state index contributed by atoms with van der Waals surface area (Å²) in [7, 11) is 0. The van der Waals surface area contributed by atoms with Crippen LogP contribution in [0, 0.1) is 0 Å². The van der Waals surface area contributed by atoms with Gasteiger partial charge in [0.05, 0.1) is 23.6 Å². The lowest BCUT2D eigenvalue weighted by Crippen LogP contribution is -2.15. The molecule has 0 amide bonds. The Morgan fingerprint density at radius 2 is 2.00 bits per heavy atom. The second-order valence-electron chi connectivity index (χ2n) is 3.35. The minimum absolute atomic E-state index is 0.134. The zero-order valence-electron chi connectivity index (χ0n) is 8.46. The third-order valence-electron chi connectivity index (χ3n) is 2.31. The highest BCUT2D eigenvalue weighted by Gasteiger charge is 2.09. The molecule has 0 aliphatic heterocycles. The molecule has 6 nitrogen and oxygen atoms in total. The van der Waals surface area contributed by atoms with Crippen molar-refractivity contribution in [3.8, 4) is 5.69 Å². The van der Waals surface area contributed by atoms with Crippen LogP contribution in [-0.2, 0) is 0 Å². The maximum Gasteiger partial charge on any atom is 0.332 e. The molecule has 0 unspecified atom stereocenters. The van der Waals surface area contributed by atoms with Gasteiger partial charge in [0.25, 0.3) is 0 Å². The Kier molecular flexibility index (Phi) is 2.15. The summed E-state index contributed by atoms with van der Waals surface area (Å²) in [6.07, 6.45) is 4.56. The molecule has 3 rings (SSSR count). The molecule has 3 heterocycles. The van der Waals surface area contributed by atoms with Crippen molar-refractivity contribution in [2.24, 2.45) is 0 Å². The average Bonchev–Trinajstić information content (AvgIpc) is 2.66. The Morgan fingerprint density at radius 1 is 1.24 bits per heavy atom. The van der Waals surface area contributed by atoms with Gasteiger partial charge in [-0.15, -0.1) is 0 Å². The van der Waals surface area contributed by atoms with Gasteiger partial charge in [-0.2, -0.15) is 0 Å². The zero-order chi connectivity index (χ0) is 11.8. The van der Waals surface area contributed by atoms with Crippen molar-refractivity contribution in [2.75, 3.05) is 0 Å². The monoisotopic (exact) mass is 247 g/mol. The molecule has 0 saturated carbocycles. The van der Waals surface area contributed by atoms with E-state index in [1.165, 1.54) is 17.0 Å². The molecular weight excluding hydrogens is 242 g/mol. The Morgan fingerprint density at radius 3 is 2.76 bits per heavy atom. The number of halogens is 1. The van der Waals surface area contributed by atoms with Gasteiger partial charge >= 0.3 is 5.69 Å². The fourth-order valence-corrected chi connectivity index (χ4v) is 1.70. The molecule has 3 aromatic heterocycles. The first-order valence-electron chi connectivity index (χ1n) is 4.79. The smallest absolute Gasteiger partial charge is 0.304 e. The van der Waals surface area contributed by atoms with Crippen LogP contribution in [0.25, 0.3) is 16.9 Å². The molecule has 0 bridgehead atoms. The second kappa shape index (κ2) is 3.67. The molecule has 3 aromatic rings. The second-order valence-corrected chi connectivity index (χ2v) is 3.69. The van der Waals surface area contributed by atoms with Crippen LogP contribution >= 0.6 is 11.6 Å². The number of pyridine rings is 1. The minimum Gasteiger partial charge on any atom is -0.304 e. The molecule has 17 heavy (non-hydrogen) atoms. The van der Waals surface area contributed by atoms with E-state index in [1.807, 2.05) is 0 Å². The van der Waals surface area contributed by atoms with E-state index in [0.717, 1.165) is 0 Å². The zero-order valence-corrected chi connectivity index (χ0v) is 9.22. The summed E-state index contributed by atoms with van der Waals surface area (Å²) in [6, 6.07) is 3.53. The maximum atomic E-state index is 11.8. The van der Waals surface area contributed by atoms with Crippen molar-refractivity contribution in [1.29, 1.82) is 0 Å². The fourth-order valence-electron chi connectivity index (χ4n) is 1.60. The van der Waals surface area contributed by atoms with Gasteiger partial charge in [-0.1, -0.05) is 0 Å². The standard InChI is InChI=1S/C10H6ClN5O/c11-9-13-4-6(5-14-9)16-8-7(15-10(16)17)2-1-3-12-8/h1-5H,(H,15,17). The number of aromatic nitrogens is 5. The number of fused-ring (bicyclic) bond motifs is 1. The Labute approximate surface area is 99.9 Å². The van der Waals surface area contributed by atoms with Gasteiger partial charge in [-0.05, 0) is 23.7 Å². The van der Waals surface area contributed by atoms with Crippen molar-refractivity contribution in [3.63, 3.8) is 0 Å². The third-order valence-corrected chi connectivity index (χ3v) is 2.50. The van der Waals surface area contributed by atoms with Crippen LogP contribution in [0.5, 0.6) is 0 Å². The molecule has 0 spiro atoms. The van der Waals surface area contributed by atoms with E-state index in [9.17, 15) is 4.79 Å². The summed E-state index contributed by atoms with van der Waals surface area (Å²) in [5, 5.41) is 0.134. The number of aromatic amines is 1. The summed E-state index contributed by atoms with van der Waals surface area (Å²) in [6.45, 7) is 0. The van der Waals surface area contributed by atoms with E-state index in [-0.39, 0.29) is 11.0 Å². The van der Waals surface area contributed by atoms with Gasteiger partial charge in [-0.25, -0.2) is 24.3 Å². The lowest BCUT2D eigenvalue weighted by atomic mass is 10.4. The van der Waals surface area contributed by atoms with Crippen molar-refractivity contribution in [2.45, 2.75) is 0 Å². The van der Waals surface area contributed by atoms with Gasteiger partial charge < -0.3 is 4.98 Å². The Balaban J connectivity index is 2.33. The summed E-state index contributed by atoms with van der Waals surface area (Å²) in [4.78, 5) is 26.3. The maximum absolute atomic E-state index is 11.8. The fraction of sp³-hybridized carbons (Fsp3) is 0. The number of H-pyrrole nitrogens is 1. The van der Waals surface area contributed by atoms with Crippen LogP contribution in [0.3, 0.4) is 0 Å². The van der Waals surface area contributed by atoms with E-state index in [4.69, 9.17) is 11.6 Å². The normalized spacial score (nSPS) is 10.9. The van der Waals surface area contributed by atoms with Crippen molar-refractivity contribution < 1.29 is 0 Å². The largest absolute Gasteiger partial charge is 0.332 e. The highest BCUT2D eigenvalue weighted by atomic mass is 35.5. The molecule has 7 heteroatoms. The number of nitrogens with zero attached hydrogens (tertiary/aromatic N) is 4. The van der Waals surface area contributed by atoms with E-state index in [2.05, 4.69) is 19.9 Å². The van der Waals surface area contributed by atoms with Crippen LogP contribution in [0.15, 0.2) is 35.5 Å². The van der Waals surface area contributed by atoms with Gasteiger partial charge in [0.1, 0.15) is 0 Å². The van der Waals surface area contributed by atoms with Crippen molar-refractivity contribution in [3.05, 3.63) is 46.5 Å². The van der Waals surface area contributed by atoms with Crippen LogP contribution in [0.2, 0.25) is 5.28 Å². The first-order chi connectivity index (χ1) is 8.25. The van der Waals surface area contributed by atoms with Gasteiger partial charge in [0.2, 0.25) is 5.28 Å². The highest BCUT2D eigenvalue weighted by molar-refractivity contribution is 6.28. The van der Waals surface area contributed by atoms with Crippen molar-refractivity contribution >= 4 is 22.8 Å². The summed E-state index contributed by atoms with van der Waals surface area (Å²) >= 11 is 5.60. The Bertz CT molecular complexity index is 730. The highest BCUT2D eigenvalue weighted by Crippen LogP contribution is 2.11. The molecule has 1 N–H and O–H groups in total. The van der Waals surface area contributed by atoms with Crippen LogP contribution in [0.4, 0.5) is 0 Å². The quantitative estimate of drug-likeness (QED) is 0.655. The first kappa shape index (κ1) is 9.98. The van der Waals surface area contributed by atoms with Gasteiger partial charge in [0.15, 0.2) is 5.65 Å². The lowest BCUT2D eigenvalue weighted by Gasteiger charge is -2.00. The molecule has 84 valence electrons. The van der Waals surface area contributed by atoms with E-state index < -0.39 is 0 Å². The number of hydrogen-bond acceptors (Lipinski definition) is 4. The van der Waals surface area contributed by atoms with E-state index in [0.29, 0.717) is 16.9 Å². The molecule has 0 saturated heterocycles. The number of imidazole rings is 1. The summed E-state index contributed by atoms with van der Waals surface area (Å²) in [5.74, 6) is 0. The predicted molar refractivity (Wildman–Crippen MR) is 62.3 cm³/mol. The van der Waals surface area contributed by atoms with Crippen LogP contribution in [0.1, 0.15) is 0 Å². The summed E-state index contributed by atoms with van der Waals surface area (Å²) in [5.41, 5.74) is 1.42. The molecule has 0 radical (unpaired) electrons. The van der Waals surface area contributed by atoms with E-state index in [1.54, 1.807) is 18.3 Å². The van der Waals surface area contributed by atoms with Crippen molar-refractivity contribution in [1.82, 2.24) is 24.5 Å². The molecule has 0 aliphatic carbocycles. The minimum atomic E-state index is -0.287. The molecule has 0 atom stereocenters. The first-order valence-corrected chi connectivity index (χ1v) is 5.17.